The lowest BCUT2D eigenvalue weighted by atomic mass is 10.0. The maximum atomic E-state index is 13.2. The van der Waals surface area contributed by atoms with Gasteiger partial charge in [-0.25, -0.2) is 0 Å². The van der Waals surface area contributed by atoms with E-state index in [0.717, 1.165) is 33.3 Å². The van der Waals surface area contributed by atoms with Gasteiger partial charge in [0.05, 0.1) is 16.8 Å². The van der Waals surface area contributed by atoms with Crippen LogP contribution < -0.4 is 15.4 Å². The average molecular weight is 472 g/mol. The quantitative estimate of drug-likeness (QED) is 0.352. The number of hydrogen-bond acceptors (Lipinski definition) is 5. The summed E-state index contributed by atoms with van der Waals surface area (Å²) in [7, 11) is 0. The molecule has 0 bridgehead atoms. The molecule has 0 unspecified atom stereocenters. The Morgan fingerprint density at radius 3 is 2.31 bits per heavy atom. The second-order valence-electron chi connectivity index (χ2n) is 8.81. The van der Waals surface area contributed by atoms with E-state index in [1.165, 1.54) is 0 Å². The highest BCUT2D eigenvalue weighted by molar-refractivity contribution is 6.01. The summed E-state index contributed by atoms with van der Waals surface area (Å²) in [5.41, 5.74) is 3.73. The zero-order chi connectivity index (χ0) is 24.9. The standard InChI is InChI=1S/C28H29N3O4/c1-17(2)27(32)30-23-11-9-20(10-12-23)15-29-28(33)24-13-21-7-5-6-8-22(21)14-26(24)34-16-25-18(3)31-35-19(25)4/h5-14,17H,15-16H2,1-4H3,(H,29,33)(H,30,32). The van der Waals surface area contributed by atoms with Crippen molar-refractivity contribution >= 4 is 28.3 Å². The van der Waals surface area contributed by atoms with Gasteiger partial charge in [-0.05, 0) is 54.4 Å². The lowest BCUT2D eigenvalue weighted by Crippen LogP contribution is -2.23. The van der Waals surface area contributed by atoms with E-state index in [2.05, 4.69) is 15.8 Å². The summed E-state index contributed by atoms with van der Waals surface area (Å²) >= 11 is 0. The first kappa shape index (κ1) is 24.0. The second-order valence-corrected chi connectivity index (χ2v) is 8.81. The van der Waals surface area contributed by atoms with E-state index in [-0.39, 0.29) is 24.3 Å². The number of benzene rings is 3. The fraction of sp³-hybridized carbons (Fsp3) is 0.250. The molecular weight excluding hydrogens is 442 g/mol. The van der Waals surface area contributed by atoms with Gasteiger partial charge in [-0.1, -0.05) is 55.4 Å². The number of aryl methyl sites for hydroxylation is 2. The Hall–Kier alpha value is -4.13. The lowest BCUT2D eigenvalue weighted by Gasteiger charge is -2.14. The van der Waals surface area contributed by atoms with E-state index in [4.69, 9.17) is 9.26 Å². The van der Waals surface area contributed by atoms with Crippen molar-refractivity contribution in [1.82, 2.24) is 10.5 Å². The van der Waals surface area contributed by atoms with Crippen molar-refractivity contribution < 1.29 is 18.8 Å². The number of carbonyl (C=O) groups excluding carboxylic acids is 2. The zero-order valence-corrected chi connectivity index (χ0v) is 20.3. The highest BCUT2D eigenvalue weighted by atomic mass is 16.5. The van der Waals surface area contributed by atoms with Gasteiger partial charge in [-0.2, -0.15) is 0 Å². The van der Waals surface area contributed by atoms with Crippen LogP contribution in [0.4, 0.5) is 5.69 Å². The minimum atomic E-state index is -0.235. The number of aromatic nitrogens is 1. The van der Waals surface area contributed by atoms with Gasteiger partial charge in [-0.15, -0.1) is 0 Å². The Labute approximate surface area is 204 Å². The Morgan fingerprint density at radius 2 is 1.69 bits per heavy atom. The molecule has 180 valence electrons. The molecule has 0 spiro atoms. The fourth-order valence-corrected chi connectivity index (χ4v) is 3.64. The molecular formula is C28H29N3O4. The third-order valence-electron chi connectivity index (χ3n) is 5.84. The van der Waals surface area contributed by atoms with E-state index in [1.54, 1.807) is 0 Å². The van der Waals surface area contributed by atoms with Gasteiger partial charge in [0.2, 0.25) is 5.91 Å². The number of rotatable bonds is 8. The van der Waals surface area contributed by atoms with Gasteiger partial charge < -0.3 is 19.9 Å². The predicted molar refractivity (Wildman–Crippen MR) is 135 cm³/mol. The van der Waals surface area contributed by atoms with Gasteiger partial charge in [-0.3, -0.25) is 9.59 Å². The Morgan fingerprint density at radius 1 is 1.00 bits per heavy atom. The summed E-state index contributed by atoms with van der Waals surface area (Å²) in [6.07, 6.45) is 0. The predicted octanol–water partition coefficient (Wildman–Crippen LogP) is 5.55. The van der Waals surface area contributed by atoms with E-state index in [0.29, 0.717) is 23.6 Å². The molecule has 3 aromatic carbocycles. The zero-order valence-electron chi connectivity index (χ0n) is 20.3. The summed E-state index contributed by atoms with van der Waals surface area (Å²) < 4.78 is 11.3. The Balaban J connectivity index is 1.50. The number of nitrogens with zero attached hydrogens (tertiary/aromatic N) is 1. The summed E-state index contributed by atoms with van der Waals surface area (Å²) in [4.78, 5) is 25.1. The van der Waals surface area contributed by atoms with Crippen LogP contribution in [-0.2, 0) is 17.9 Å². The van der Waals surface area contributed by atoms with Crippen molar-refractivity contribution in [2.75, 3.05) is 5.32 Å². The molecule has 0 aliphatic rings. The van der Waals surface area contributed by atoms with Crippen LogP contribution in [0.2, 0.25) is 0 Å². The number of hydrogen-bond donors (Lipinski definition) is 2. The number of fused-ring (bicyclic) bond motifs is 1. The topological polar surface area (TPSA) is 93.5 Å². The molecule has 35 heavy (non-hydrogen) atoms. The van der Waals surface area contributed by atoms with Crippen LogP contribution >= 0.6 is 0 Å². The van der Waals surface area contributed by atoms with E-state index in [9.17, 15) is 9.59 Å². The van der Waals surface area contributed by atoms with Crippen LogP contribution in [0, 0.1) is 19.8 Å². The van der Waals surface area contributed by atoms with E-state index >= 15 is 0 Å². The average Bonchev–Trinajstić information content (AvgIpc) is 3.18. The normalized spacial score (nSPS) is 11.0. The molecule has 1 heterocycles. The van der Waals surface area contributed by atoms with Crippen LogP contribution in [0.3, 0.4) is 0 Å². The van der Waals surface area contributed by atoms with Gasteiger partial charge in [0.25, 0.3) is 5.91 Å². The molecule has 0 aliphatic carbocycles. The highest BCUT2D eigenvalue weighted by Crippen LogP contribution is 2.28. The molecule has 2 N–H and O–H groups in total. The highest BCUT2D eigenvalue weighted by Gasteiger charge is 2.17. The maximum Gasteiger partial charge on any atom is 0.255 e. The number of ether oxygens (including phenoxy) is 1. The first-order chi connectivity index (χ1) is 16.8. The summed E-state index contributed by atoms with van der Waals surface area (Å²) in [5.74, 6) is 0.827. The molecule has 0 radical (unpaired) electrons. The Bertz CT molecular complexity index is 1340. The SMILES string of the molecule is Cc1noc(C)c1COc1cc2ccccc2cc1C(=O)NCc1ccc(NC(=O)C(C)C)cc1. The molecule has 0 fully saturated rings. The van der Waals surface area contributed by atoms with Crippen molar-refractivity contribution in [1.29, 1.82) is 0 Å². The summed E-state index contributed by atoms with van der Waals surface area (Å²) in [6, 6.07) is 19.0. The van der Waals surface area contributed by atoms with Crippen LogP contribution in [-0.4, -0.2) is 17.0 Å². The first-order valence-electron chi connectivity index (χ1n) is 11.6. The molecule has 4 rings (SSSR count). The van der Waals surface area contributed by atoms with Crippen LogP contribution in [0.5, 0.6) is 5.75 Å². The second kappa shape index (κ2) is 10.4. The van der Waals surface area contributed by atoms with Gasteiger partial charge in [0.1, 0.15) is 18.1 Å². The number of anilines is 1. The maximum absolute atomic E-state index is 13.2. The van der Waals surface area contributed by atoms with Crippen LogP contribution in [0.1, 0.15) is 46.8 Å². The van der Waals surface area contributed by atoms with Crippen LogP contribution in [0.15, 0.2) is 65.2 Å². The molecule has 0 saturated heterocycles. The van der Waals surface area contributed by atoms with Crippen molar-refractivity contribution in [3.8, 4) is 5.75 Å². The minimum Gasteiger partial charge on any atom is -0.488 e. The fourth-order valence-electron chi connectivity index (χ4n) is 3.64. The summed E-state index contributed by atoms with van der Waals surface area (Å²) in [6.45, 7) is 7.99. The third-order valence-corrected chi connectivity index (χ3v) is 5.84. The number of nitrogens with one attached hydrogen (secondary N) is 2. The smallest absolute Gasteiger partial charge is 0.255 e. The largest absolute Gasteiger partial charge is 0.488 e. The van der Waals surface area contributed by atoms with Gasteiger partial charge in [0.15, 0.2) is 0 Å². The molecule has 7 nitrogen and oxygen atoms in total. The monoisotopic (exact) mass is 471 g/mol. The van der Waals surface area contributed by atoms with E-state index < -0.39 is 0 Å². The minimum absolute atomic E-state index is 0.0357. The van der Waals surface area contributed by atoms with Gasteiger partial charge in [0, 0.05) is 18.2 Å². The molecule has 1 aromatic heterocycles. The first-order valence-corrected chi connectivity index (χ1v) is 11.6. The molecule has 0 aliphatic heterocycles. The lowest BCUT2D eigenvalue weighted by molar-refractivity contribution is -0.118. The Kier molecular flexibility index (Phi) is 7.15. The molecule has 4 aromatic rings. The molecule has 0 atom stereocenters. The van der Waals surface area contributed by atoms with Crippen molar-refractivity contribution in [2.24, 2.45) is 5.92 Å². The van der Waals surface area contributed by atoms with E-state index in [1.807, 2.05) is 88.4 Å². The molecule has 0 saturated carbocycles. The summed E-state index contributed by atoms with van der Waals surface area (Å²) in [5, 5.41) is 11.7. The number of carbonyl (C=O) groups is 2. The molecule has 7 heteroatoms. The molecule has 2 amide bonds. The van der Waals surface area contributed by atoms with Crippen molar-refractivity contribution in [2.45, 2.75) is 40.8 Å². The van der Waals surface area contributed by atoms with Crippen molar-refractivity contribution in [3.05, 3.63) is 88.8 Å². The third kappa shape index (κ3) is 5.69. The van der Waals surface area contributed by atoms with Crippen molar-refractivity contribution in [3.63, 3.8) is 0 Å². The van der Waals surface area contributed by atoms with Gasteiger partial charge >= 0.3 is 0 Å². The number of amides is 2. The van der Waals surface area contributed by atoms with Crippen LogP contribution in [0.25, 0.3) is 10.8 Å².